The lowest BCUT2D eigenvalue weighted by Crippen LogP contribution is -2.33. The summed E-state index contributed by atoms with van der Waals surface area (Å²) in [6, 6.07) is 51.8. The van der Waals surface area contributed by atoms with Crippen molar-refractivity contribution in [1.29, 1.82) is 0 Å². The minimum atomic E-state index is -0.412. The summed E-state index contributed by atoms with van der Waals surface area (Å²) >= 11 is 0. The van der Waals surface area contributed by atoms with Gasteiger partial charge in [-0.3, -0.25) is 4.57 Å². The van der Waals surface area contributed by atoms with Crippen molar-refractivity contribution >= 4 is 50.5 Å². The summed E-state index contributed by atoms with van der Waals surface area (Å²) < 4.78 is 9.44. The van der Waals surface area contributed by atoms with E-state index in [4.69, 9.17) is 19.7 Å². The topological polar surface area (TPSA) is 70.3 Å². The Morgan fingerprint density at radius 1 is 0.606 bits per heavy atom. The third-order valence-electron chi connectivity index (χ3n) is 13.0. The van der Waals surface area contributed by atoms with Gasteiger partial charge in [0.05, 0.1) is 34.6 Å². The van der Waals surface area contributed by atoms with Gasteiger partial charge in [-0.25, -0.2) is 15.0 Å². The number of aliphatic imine (C=N–C) groups is 2. The Morgan fingerprint density at radius 3 is 1.94 bits per heavy atom. The Hall–Kier alpha value is -7.19. The zero-order chi connectivity index (χ0) is 46.1. The molecule has 0 fully saturated rings. The number of anilines is 3. The summed E-state index contributed by atoms with van der Waals surface area (Å²) in [6.07, 6.45) is 1.44. The number of hydrogen-bond donors (Lipinski definition) is 1. The van der Waals surface area contributed by atoms with E-state index in [9.17, 15) is 0 Å². The molecule has 1 unspecified atom stereocenters. The second kappa shape index (κ2) is 16.1. The molecule has 1 N–H and O–H groups in total. The van der Waals surface area contributed by atoms with Crippen LogP contribution in [-0.4, -0.2) is 34.9 Å². The number of para-hydroxylation sites is 2. The van der Waals surface area contributed by atoms with E-state index in [-0.39, 0.29) is 16.2 Å². The van der Waals surface area contributed by atoms with Gasteiger partial charge in [0.25, 0.3) is 0 Å². The van der Waals surface area contributed by atoms with Crippen LogP contribution >= 0.6 is 0 Å². The molecule has 66 heavy (non-hydrogen) atoms. The molecule has 332 valence electrons. The summed E-state index contributed by atoms with van der Waals surface area (Å²) in [5.41, 5.74) is 12.0. The lowest BCUT2D eigenvalue weighted by atomic mass is 9.86. The van der Waals surface area contributed by atoms with E-state index in [0.29, 0.717) is 17.3 Å². The van der Waals surface area contributed by atoms with Gasteiger partial charge in [-0.2, -0.15) is 0 Å². The standard InChI is InChI=1S/C58H59N7O/c1-56(2,3)39-25-21-37(22-26-39)53-60-54(38-23-27-40(28-24-38)57(4,5)6)62-55(61-53)46-34-45-44-32-41(58(7,8)9)29-30-47(44)65(52-20-13-14-31-59-52)50(45)35-51(46)66-43-17-15-16-42(33-43)64-36-63(10)48-18-11-12-19-49(48)64/h11-35,53H,36H2,1-10H3,(H,60,61,62). The smallest absolute Gasteiger partial charge is 0.163 e. The highest BCUT2D eigenvalue weighted by Crippen LogP contribution is 2.43. The van der Waals surface area contributed by atoms with Crippen molar-refractivity contribution in [2.24, 2.45) is 9.98 Å². The van der Waals surface area contributed by atoms with Crippen LogP contribution in [0.15, 0.2) is 162 Å². The van der Waals surface area contributed by atoms with Crippen molar-refractivity contribution in [3.63, 3.8) is 0 Å². The van der Waals surface area contributed by atoms with Gasteiger partial charge in [-0.15, -0.1) is 0 Å². The fourth-order valence-electron chi connectivity index (χ4n) is 9.13. The third kappa shape index (κ3) is 7.99. The van der Waals surface area contributed by atoms with Crippen molar-refractivity contribution in [2.75, 3.05) is 23.5 Å². The highest BCUT2D eigenvalue weighted by molar-refractivity contribution is 6.18. The first-order chi connectivity index (χ1) is 31.5. The number of fused-ring (bicyclic) bond motifs is 4. The molecule has 2 aliphatic rings. The quantitative estimate of drug-likeness (QED) is 0.173. The molecule has 0 aliphatic carbocycles. The molecule has 2 aromatic heterocycles. The van der Waals surface area contributed by atoms with Gasteiger partial charge in [0.2, 0.25) is 0 Å². The maximum absolute atomic E-state index is 7.19. The predicted octanol–water partition coefficient (Wildman–Crippen LogP) is 13.9. The summed E-state index contributed by atoms with van der Waals surface area (Å²) in [6.45, 7) is 21.0. The number of rotatable bonds is 7. The SMILES string of the molecule is CN1CN(c2cccc(Oc3cc4c(cc3C3=NC(c5ccc(C(C)(C)C)cc5)NC(c5ccc(C(C)(C)C)cc5)=N3)c3cc(C(C)(C)C)ccc3n4-c3ccccn3)c2)c2ccccc21. The second-order valence-electron chi connectivity index (χ2n) is 20.9. The van der Waals surface area contributed by atoms with Crippen LogP contribution in [0.25, 0.3) is 27.6 Å². The van der Waals surface area contributed by atoms with Crippen molar-refractivity contribution < 1.29 is 4.74 Å². The molecule has 6 aromatic carbocycles. The number of benzene rings is 6. The predicted molar refractivity (Wildman–Crippen MR) is 275 cm³/mol. The zero-order valence-corrected chi connectivity index (χ0v) is 39.8. The number of aromatic nitrogens is 2. The molecule has 10 rings (SSSR count). The zero-order valence-electron chi connectivity index (χ0n) is 39.8. The van der Waals surface area contributed by atoms with Crippen molar-refractivity contribution in [3.8, 4) is 17.3 Å². The molecule has 0 spiro atoms. The van der Waals surface area contributed by atoms with Crippen LogP contribution in [0, 0.1) is 0 Å². The van der Waals surface area contributed by atoms with Crippen LogP contribution in [0.4, 0.5) is 17.1 Å². The highest BCUT2D eigenvalue weighted by Gasteiger charge is 2.28. The van der Waals surface area contributed by atoms with Gasteiger partial charge in [-0.05, 0) is 93.1 Å². The molecule has 0 saturated heterocycles. The van der Waals surface area contributed by atoms with Crippen molar-refractivity contribution in [1.82, 2.24) is 14.9 Å². The van der Waals surface area contributed by atoms with E-state index in [1.54, 1.807) is 0 Å². The third-order valence-corrected chi connectivity index (χ3v) is 13.0. The largest absolute Gasteiger partial charge is 0.456 e. The monoisotopic (exact) mass is 869 g/mol. The maximum Gasteiger partial charge on any atom is 0.163 e. The number of pyridine rings is 1. The summed E-state index contributed by atoms with van der Waals surface area (Å²) in [5.74, 6) is 3.52. The molecule has 0 bridgehead atoms. The van der Waals surface area contributed by atoms with E-state index >= 15 is 0 Å². The first kappa shape index (κ1) is 42.7. The van der Waals surface area contributed by atoms with Gasteiger partial charge in [0.15, 0.2) is 5.84 Å². The first-order valence-corrected chi connectivity index (χ1v) is 23.0. The Kier molecular flexibility index (Phi) is 10.4. The molecule has 8 nitrogen and oxygen atoms in total. The average molecular weight is 870 g/mol. The molecule has 0 saturated carbocycles. The van der Waals surface area contributed by atoms with Crippen LogP contribution in [-0.2, 0) is 16.2 Å². The molecular weight excluding hydrogens is 811 g/mol. The van der Waals surface area contributed by atoms with Gasteiger partial charge in [0.1, 0.15) is 29.3 Å². The summed E-state index contributed by atoms with van der Waals surface area (Å²) in [7, 11) is 2.13. The molecule has 8 aromatic rings. The fraction of sp³-hybridized carbons (Fsp3) is 0.259. The van der Waals surface area contributed by atoms with Gasteiger partial charge >= 0.3 is 0 Å². The minimum absolute atomic E-state index is 0.0125. The van der Waals surface area contributed by atoms with Crippen LogP contribution in [0.3, 0.4) is 0 Å². The number of hydrogen-bond acceptors (Lipinski definition) is 7. The van der Waals surface area contributed by atoms with E-state index in [0.717, 1.165) is 68.2 Å². The lowest BCUT2D eigenvalue weighted by molar-refractivity contribution is 0.482. The first-order valence-electron chi connectivity index (χ1n) is 23.0. The molecule has 4 heterocycles. The summed E-state index contributed by atoms with van der Waals surface area (Å²) in [4.78, 5) is 20.4. The average Bonchev–Trinajstić information content (AvgIpc) is 3.81. The lowest BCUT2D eigenvalue weighted by Gasteiger charge is -2.26. The Bertz CT molecular complexity index is 3180. The maximum atomic E-state index is 7.19. The minimum Gasteiger partial charge on any atom is -0.456 e. The van der Waals surface area contributed by atoms with Crippen LogP contribution in [0.2, 0.25) is 0 Å². The Labute approximate surface area is 389 Å². The van der Waals surface area contributed by atoms with E-state index in [2.05, 4.69) is 216 Å². The van der Waals surface area contributed by atoms with Crippen LogP contribution < -0.4 is 19.9 Å². The van der Waals surface area contributed by atoms with Crippen molar-refractivity contribution in [3.05, 3.63) is 185 Å². The van der Waals surface area contributed by atoms with E-state index in [1.165, 1.54) is 22.4 Å². The molecule has 2 aliphatic heterocycles. The summed E-state index contributed by atoms with van der Waals surface area (Å²) in [5, 5.41) is 5.93. The Morgan fingerprint density at radius 2 is 1.26 bits per heavy atom. The normalized spacial score (nSPS) is 15.5. The molecule has 0 amide bonds. The van der Waals surface area contributed by atoms with Gasteiger partial charge in [-0.1, -0.05) is 141 Å². The molecule has 0 radical (unpaired) electrons. The molecule has 1 atom stereocenters. The van der Waals surface area contributed by atoms with Crippen LogP contribution in [0.1, 0.15) is 102 Å². The van der Waals surface area contributed by atoms with Gasteiger partial charge < -0.3 is 19.9 Å². The van der Waals surface area contributed by atoms with Crippen LogP contribution in [0.5, 0.6) is 11.5 Å². The number of nitrogens with zero attached hydrogens (tertiary/aromatic N) is 6. The van der Waals surface area contributed by atoms with E-state index in [1.807, 2.05) is 24.4 Å². The highest BCUT2D eigenvalue weighted by atomic mass is 16.5. The number of nitrogens with one attached hydrogen (secondary N) is 1. The number of ether oxygens (including phenoxy) is 1. The van der Waals surface area contributed by atoms with Gasteiger partial charge in [0, 0.05) is 47.4 Å². The fourth-order valence-corrected chi connectivity index (χ4v) is 9.13. The second-order valence-corrected chi connectivity index (χ2v) is 20.9. The molecule has 8 heteroatoms. The van der Waals surface area contributed by atoms with E-state index < -0.39 is 6.17 Å². The molecular formula is C58H59N7O. The van der Waals surface area contributed by atoms with Crippen molar-refractivity contribution in [2.45, 2.75) is 84.7 Å². The number of amidine groups is 2. The Balaban J connectivity index is 1.20.